The van der Waals surface area contributed by atoms with Crippen molar-refractivity contribution in [3.05, 3.63) is 22.1 Å². The Balaban J connectivity index is 3.40. The van der Waals surface area contributed by atoms with Crippen LogP contribution in [0.25, 0.3) is 0 Å². The van der Waals surface area contributed by atoms with Crippen LogP contribution < -0.4 is 15.4 Å². The first-order valence-corrected chi connectivity index (χ1v) is 5.58. The molecule has 0 spiro atoms. The number of alkyl halides is 3. The monoisotopic (exact) mass is 272 g/mol. The highest BCUT2D eigenvalue weighted by Crippen LogP contribution is 2.25. The van der Waals surface area contributed by atoms with E-state index < -0.39 is 32.6 Å². The molecule has 1 heterocycles. The fourth-order valence-electron chi connectivity index (χ4n) is 1.03. The number of hydrogen-bond donors (Lipinski definition) is 2. The number of aromatic amines is 1. The summed E-state index contributed by atoms with van der Waals surface area (Å²) in [5, 5.41) is 4.66. The van der Waals surface area contributed by atoms with Gasteiger partial charge in [-0.2, -0.15) is 0 Å². The third kappa shape index (κ3) is 3.46. The zero-order valence-corrected chi connectivity index (χ0v) is 9.15. The van der Waals surface area contributed by atoms with Gasteiger partial charge in [-0.25, -0.2) is 13.6 Å². The van der Waals surface area contributed by atoms with Gasteiger partial charge in [0.25, 0.3) is 5.56 Å². The molecule has 0 bridgehead atoms. The predicted molar refractivity (Wildman–Crippen MR) is 49.9 cm³/mol. The third-order valence-electron chi connectivity index (χ3n) is 1.69. The molecule has 3 N–H and O–H groups in total. The van der Waals surface area contributed by atoms with Crippen molar-refractivity contribution in [3.8, 4) is 5.75 Å². The van der Waals surface area contributed by atoms with Gasteiger partial charge >= 0.3 is 6.36 Å². The number of aromatic nitrogens is 1. The topological polar surface area (TPSA) is 102 Å². The number of ether oxygens (including phenoxy) is 1. The van der Waals surface area contributed by atoms with Crippen molar-refractivity contribution < 1.29 is 26.3 Å². The van der Waals surface area contributed by atoms with E-state index in [4.69, 9.17) is 0 Å². The number of hydrogen-bond acceptors (Lipinski definition) is 4. The summed E-state index contributed by atoms with van der Waals surface area (Å²) in [6.45, 7) is 1.12. The van der Waals surface area contributed by atoms with E-state index >= 15 is 0 Å². The van der Waals surface area contributed by atoms with Crippen molar-refractivity contribution in [1.29, 1.82) is 0 Å². The lowest BCUT2D eigenvalue weighted by atomic mass is 10.3. The molecular weight excluding hydrogens is 265 g/mol. The normalized spacial score (nSPS) is 12.5. The minimum atomic E-state index is -5.00. The van der Waals surface area contributed by atoms with Crippen molar-refractivity contribution in [3.63, 3.8) is 0 Å². The SMILES string of the molecule is Cc1[nH]c(=O)c(S(N)(=O)=O)cc1OC(F)(F)F. The molecule has 0 atom stereocenters. The van der Waals surface area contributed by atoms with Crippen molar-refractivity contribution in [2.75, 3.05) is 0 Å². The minimum Gasteiger partial charge on any atom is -0.404 e. The molecule has 6 nitrogen and oxygen atoms in total. The summed E-state index contributed by atoms with van der Waals surface area (Å²) >= 11 is 0. The highest BCUT2D eigenvalue weighted by Gasteiger charge is 2.32. The van der Waals surface area contributed by atoms with Gasteiger partial charge in [-0.1, -0.05) is 0 Å². The molecule has 0 aliphatic heterocycles. The number of rotatable bonds is 2. The highest BCUT2D eigenvalue weighted by atomic mass is 32.2. The first-order valence-electron chi connectivity index (χ1n) is 4.03. The molecule has 10 heteroatoms. The van der Waals surface area contributed by atoms with Crippen LogP contribution in [-0.4, -0.2) is 19.8 Å². The molecule has 0 unspecified atom stereocenters. The van der Waals surface area contributed by atoms with Crippen LogP contribution in [0.3, 0.4) is 0 Å². The molecule has 96 valence electrons. The van der Waals surface area contributed by atoms with Gasteiger partial charge in [0.05, 0.1) is 5.69 Å². The van der Waals surface area contributed by atoms with E-state index in [1.165, 1.54) is 0 Å². The number of H-pyrrole nitrogens is 1. The average molecular weight is 272 g/mol. The van der Waals surface area contributed by atoms with Gasteiger partial charge < -0.3 is 9.72 Å². The minimum absolute atomic E-state index is 0.264. The van der Waals surface area contributed by atoms with E-state index in [0.29, 0.717) is 6.07 Å². The van der Waals surface area contributed by atoms with Crippen LogP contribution in [0.4, 0.5) is 13.2 Å². The molecular formula is C7H7F3N2O4S. The summed E-state index contributed by atoms with van der Waals surface area (Å²) in [4.78, 5) is 12.1. The van der Waals surface area contributed by atoms with E-state index in [1.54, 1.807) is 0 Å². The lowest BCUT2D eigenvalue weighted by Crippen LogP contribution is -2.25. The summed E-state index contributed by atoms with van der Waals surface area (Å²) in [7, 11) is -4.42. The molecule has 0 aliphatic carbocycles. The molecule has 1 rings (SSSR count). The van der Waals surface area contributed by atoms with Crippen LogP contribution in [0.1, 0.15) is 5.69 Å². The molecule has 0 radical (unpaired) electrons. The van der Waals surface area contributed by atoms with Crippen LogP contribution in [0.15, 0.2) is 15.8 Å². The first-order chi connectivity index (χ1) is 7.50. The third-order valence-corrected chi connectivity index (χ3v) is 2.61. The van der Waals surface area contributed by atoms with E-state index in [0.717, 1.165) is 6.92 Å². The number of aryl methyl sites for hydroxylation is 1. The van der Waals surface area contributed by atoms with Crippen LogP contribution >= 0.6 is 0 Å². The maximum absolute atomic E-state index is 12.0. The lowest BCUT2D eigenvalue weighted by molar-refractivity contribution is -0.275. The van der Waals surface area contributed by atoms with Crippen molar-refractivity contribution in [1.82, 2.24) is 4.98 Å². The molecule has 0 saturated heterocycles. The van der Waals surface area contributed by atoms with Crippen molar-refractivity contribution in [2.24, 2.45) is 5.14 Å². The van der Waals surface area contributed by atoms with Crippen LogP contribution in [0, 0.1) is 6.92 Å². The number of halogens is 3. The van der Waals surface area contributed by atoms with Gasteiger partial charge in [0.1, 0.15) is 5.75 Å². The molecule has 0 fully saturated rings. The van der Waals surface area contributed by atoms with E-state index in [2.05, 4.69) is 9.88 Å². The zero-order chi connectivity index (χ0) is 13.4. The second-order valence-electron chi connectivity index (χ2n) is 3.04. The summed E-state index contributed by atoms with van der Waals surface area (Å²) < 4.78 is 61.2. The number of nitrogens with two attached hydrogens (primary N) is 1. The number of nitrogens with one attached hydrogen (secondary N) is 1. The standard InChI is InChI=1S/C7H7F3N2O4S/c1-3-4(16-7(8,9)10)2-5(6(13)12-3)17(11,14)15/h2H,1H3,(H,12,13)(H2,11,14,15). The van der Waals surface area contributed by atoms with Crippen LogP contribution in [0.5, 0.6) is 5.75 Å². The van der Waals surface area contributed by atoms with E-state index in [9.17, 15) is 26.4 Å². The Bertz CT molecular complexity index is 590. The van der Waals surface area contributed by atoms with E-state index in [-0.39, 0.29) is 5.69 Å². The average Bonchev–Trinajstić information content (AvgIpc) is 2.05. The lowest BCUT2D eigenvalue weighted by Gasteiger charge is -2.11. The maximum Gasteiger partial charge on any atom is 0.573 e. The second-order valence-corrected chi connectivity index (χ2v) is 4.57. The summed E-state index contributed by atoms with van der Waals surface area (Å²) in [6.07, 6.45) is -5.00. The number of pyridine rings is 1. The Kier molecular flexibility index (Phi) is 3.21. The summed E-state index contributed by atoms with van der Waals surface area (Å²) in [5.74, 6) is -0.832. The fraction of sp³-hybridized carbons (Fsp3) is 0.286. The van der Waals surface area contributed by atoms with Gasteiger partial charge in [0.15, 0.2) is 4.90 Å². The maximum atomic E-state index is 12.0. The summed E-state index contributed by atoms with van der Waals surface area (Å²) in [5.41, 5.74) is -1.38. The van der Waals surface area contributed by atoms with Gasteiger partial charge in [-0.3, -0.25) is 4.79 Å². The Morgan fingerprint density at radius 3 is 2.35 bits per heavy atom. The Labute approximate surface area is 93.3 Å². The molecule has 0 aromatic carbocycles. The van der Waals surface area contributed by atoms with Crippen LogP contribution in [-0.2, 0) is 10.0 Å². The highest BCUT2D eigenvalue weighted by molar-refractivity contribution is 7.89. The van der Waals surface area contributed by atoms with Crippen molar-refractivity contribution >= 4 is 10.0 Å². The molecule has 0 amide bonds. The molecule has 17 heavy (non-hydrogen) atoms. The Morgan fingerprint density at radius 2 is 1.94 bits per heavy atom. The molecule has 0 aliphatic rings. The van der Waals surface area contributed by atoms with Gasteiger partial charge in [-0.05, 0) is 6.92 Å². The molecule has 1 aromatic rings. The van der Waals surface area contributed by atoms with Gasteiger partial charge in [-0.15, -0.1) is 13.2 Å². The zero-order valence-electron chi connectivity index (χ0n) is 8.33. The van der Waals surface area contributed by atoms with Gasteiger partial charge in [0, 0.05) is 6.07 Å². The number of sulfonamides is 1. The predicted octanol–water partition coefficient (Wildman–Crippen LogP) is 0.229. The fourth-order valence-corrected chi connectivity index (χ4v) is 1.61. The molecule has 0 saturated carbocycles. The smallest absolute Gasteiger partial charge is 0.404 e. The van der Waals surface area contributed by atoms with E-state index in [1.807, 2.05) is 4.98 Å². The van der Waals surface area contributed by atoms with Crippen molar-refractivity contribution in [2.45, 2.75) is 18.2 Å². The second kappa shape index (κ2) is 4.04. The number of primary sulfonamides is 1. The Morgan fingerprint density at radius 1 is 1.41 bits per heavy atom. The largest absolute Gasteiger partial charge is 0.573 e. The quantitative estimate of drug-likeness (QED) is 0.804. The van der Waals surface area contributed by atoms with Gasteiger partial charge in [0.2, 0.25) is 10.0 Å². The summed E-state index contributed by atoms with van der Waals surface area (Å²) in [6, 6.07) is 0.428. The Hall–Kier alpha value is -1.55. The first kappa shape index (κ1) is 13.5. The molecule has 1 aromatic heterocycles. The van der Waals surface area contributed by atoms with Crippen LogP contribution in [0.2, 0.25) is 0 Å².